The van der Waals surface area contributed by atoms with E-state index in [2.05, 4.69) is 25.7 Å². The van der Waals surface area contributed by atoms with Gasteiger partial charge in [0.1, 0.15) is 11.7 Å². The van der Waals surface area contributed by atoms with Crippen molar-refractivity contribution in [3.63, 3.8) is 0 Å². The van der Waals surface area contributed by atoms with Crippen molar-refractivity contribution in [3.05, 3.63) is 57.2 Å². The number of rotatable bonds is 5. The smallest absolute Gasteiger partial charge is 0.270 e. The first-order valence-electron chi connectivity index (χ1n) is 9.41. The van der Waals surface area contributed by atoms with Gasteiger partial charge in [-0.1, -0.05) is 23.2 Å². The molecule has 0 bridgehead atoms. The van der Waals surface area contributed by atoms with Crippen LogP contribution < -0.4 is 22.3 Å². The molecule has 6 N–H and O–H groups in total. The van der Waals surface area contributed by atoms with E-state index in [0.29, 0.717) is 58.7 Å². The molecule has 0 aliphatic carbocycles. The standard InChI is InChI=1S/C19H23Cl2N7O/c20-13-1-2-14(21)12(6-13)10-28-4-3-25-18(23)16(28)7-15(22)19-26-17(27-29-19)5-11-8-24-9-11/h1-2,6-7,11,24H,3-5,8-10,22H2,(H2,23,25)(H,26,27). The normalized spacial score (nSPS) is 22.6. The number of nitrogens with one attached hydrogen (secondary N) is 2. The van der Waals surface area contributed by atoms with Crippen LogP contribution in [0.2, 0.25) is 10.0 Å². The zero-order valence-corrected chi connectivity index (χ0v) is 17.3. The van der Waals surface area contributed by atoms with Gasteiger partial charge < -0.3 is 26.5 Å². The number of allylic oxidation sites excluding steroid dienone is 1. The highest BCUT2D eigenvalue weighted by Crippen LogP contribution is 2.25. The lowest BCUT2D eigenvalue weighted by Crippen LogP contribution is -2.43. The lowest BCUT2D eigenvalue weighted by molar-refractivity contribution is 0.172. The van der Waals surface area contributed by atoms with Crippen molar-refractivity contribution in [1.29, 1.82) is 0 Å². The highest BCUT2D eigenvalue weighted by Gasteiger charge is 2.24. The molecule has 3 aliphatic heterocycles. The first-order valence-corrected chi connectivity index (χ1v) is 10.2. The second-order valence-corrected chi connectivity index (χ2v) is 8.05. The minimum Gasteiger partial charge on any atom is -0.394 e. The molecule has 10 heteroatoms. The minimum absolute atomic E-state index is 0.332. The van der Waals surface area contributed by atoms with Crippen molar-refractivity contribution in [2.45, 2.75) is 13.0 Å². The number of benzene rings is 1. The number of hydrogen-bond acceptors (Lipinski definition) is 8. The van der Waals surface area contributed by atoms with Crippen molar-refractivity contribution < 1.29 is 4.84 Å². The Bertz CT molecular complexity index is 921. The maximum absolute atomic E-state index is 6.33. The molecular weight excluding hydrogens is 413 g/mol. The number of nitrogens with two attached hydrogens (primary N) is 2. The maximum atomic E-state index is 6.33. The third kappa shape index (κ3) is 4.60. The van der Waals surface area contributed by atoms with Gasteiger partial charge in [-0.15, -0.1) is 0 Å². The second kappa shape index (κ2) is 8.52. The fraction of sp³-hybridized carbons (Fsp3) is 0.368. The Balaban J connectivity index is 1.56. The van der Waals surface area contributed by atoms with Crippen LogP contribution in [0.1, 0.15) is 12.0 Å². The Morgan fingerprint density at radius 3 is 2.93 bits per heavy atom. The minimum atomic E-state index is 0.332. The lowest BCUT2D eigenvalue weighted by atomic mass is 9.99. The van der Waals surface area contributed by atoms with Gasteiger partial charge in [-0.2, -0.15) is 4.99 Å². The van der Waals surface area contributed by atoms with Crippen LogP contribution in [0.3, 0.4) is 0 Å². The van der Waals surface area contributed by atoms with Crippen LogP contribution in [0.5, 0.6) is 0 Å². The van der Waals surface area contributed by atoms with Gasteiger partial charge >= 0.3 is 0 Å². The summed E-state index contributed by atoms with van der Waals surface area (Å²) in [7, 11) is 0. The van der Waals surface area contributed by atoms with Crippen molar-refractivity contribution in [2.75, 3.05) is 26.2 Å². The fourth-order valence-corrected chi connectivity index (χ4v) is 3.69. The van der Waals surface area contributed by atoms with Gasteiger partial charge in [0.25, 0.3) is 5.88 Å². The van der Waals surface area contributed by atoms with E-state index in [4.69, 9.17) is 39.5 Å². The number of amidine groups is 2. The van der Waals surface area contributed by atoms with E-state index in [-0.39, 0.29) is 0 Å². The van der Waals surface area contributed by atoms with Crippen molar-refractivity contribution >= 4 is 34.9 Å². The topological polar surface area (TPSA) is 113 Å². The molecule has 0 radical (unpaired) electrons. The monoisotopic (exact) mass is 435 g/mol. The predicted octanol–water partition coefficient (Wildman–Crippen LogP) is 1.72. The molecule has 0 atom stereocenters. The van der Waals surface area contributed by atoms with E-state index in [1.165, 1.54) is 0 Å². The van der Waals surface area contributed by atoms with Gasteiger partial charge in [-0.05, 0) is 48.8 Å². The van der Waals surface area contributed by atoms with Crippen LogP contribution in [0, 0.1) is 5.92 Å². The Morgan fingerprint density at radius 1 is 1.34 bits per heavy atom. The molecular formula is C19H23Cl2N7O. The van der Waals surface area contributed by atoms with E-state index >= 15 is 0 Å². The average Bonchev–Trinajstić information content (AvgIpc) is 3.13. The van der Waals surface area contributed by atoms with Crippen LogP contribution in [0.15, 0.2) is 51.5 Å². The van der Waals surface area contributed by atoms with Gasteiger partial charge in [0.2, 0.25) is 0 Å². The molecule has 3 heterocycles. The summed E-state index contributed by atoms with van der Waals surface area (Å²) in [5, 5.41) is 4.51. The van der Waals surface area contributed by atoms with E-state index < -0.39 is 0 Å². The van der Waals surface area contributed by atoms with E-state index in [0.717, 1.165) is 30.9 Å². The second-order valence-electron chi connectivity index (χ2n) is 7.21. The third-order valence-electron chi connectivity index (χ3n) is 5.01. The van der Waals surface area contributed by atoms with E-state index in [1.54, 1.807) is 18.2 Å². The highest BCUT2D eigenvalue weighted by atomic mass is 35.5. The lowest BCUT2D eigenvalue weighted by Gasteiger charge is -2.30. The Kier molecular flexibility index (Phi) is 5.84. The first-order chi connectivity index (χ1) is 14.0. The molecule has 8 nitrogen and oxygen atoms in total. The van der Waals surface area contributed by atoms with Gasteiger partial charge in [0.05, 0.1) is 17.9 Å². The molecule has 154 valence electrons. The summed E-state index contributed by atoms with van der Waals surface area (Å²) >= 11 is 12.5. The van der Waals surface area contributed by atoms with Crippen molar-refractivity contribution in [2.24, 2.45) is 27.4 Å². The molecule has 1 aromatic rings. The molecule has 0 unspecified atom stereocenters. The van der Waals surface area contributed by atoms with E-state index in [9.17, 15) is 0 Å². The van der Waals surface area contributed by atoms with Crippen molar-refractivity contribution in [3.8, 4) is 0 Å². The molecule has 4 rings (SSSR count). The third-order valence-corrected chi connectivity index (χ3v) is 5.62. The largest absolute Gasteiger partial charge is 0.394 e. The molecule has 29 heavy (non-hydrogen) atoms. The Labute approximate surface area is 179 Å². The summed E-state index contributed by atoms with van der Waals surface area (Å²) in [6.45, 7) is 3.79. The number of hydroxylamine groups is 1. The molecule has 1 saturated heterocycles. The summed E-state index contributed by atoms with van der Waals surface area (Å²) in [5.41, 5.74) is 17.2. The van der Waals surface area contributed by atoms with Crippen LogP contribution in [-0.4, -0.2) is 42.8 Å². The van der Waals surface area contributed by atoms with Gasteiger partial charge in [0.15, 0.2) is 0 Å². The van der Waals surface area contributed by atoms with Crippen LogP contribution in [0.4, 0.5) is 0 Å². The average molecular weight is 436 g/mol. The zero-order valence-electron chi connectivity index (χ0n) is 15.8. The van der Waals surface area contributed by atoms with Crippen LogP contribution in [-0.2, 0) is 11.4 Å². The molecule has 0 spiro atoms. The summed E-state index contributed by atoms with van der Waals surface area (Å²) in [6, 6.07) is 5.39. The molecule has 1 aromatic carbocycles. The highest BCUT2D eigenvalue weighted by molar-refractivity contribution is 6.33. The Morgan fingerprint density at radius 2 is 2.17 bits per heavy atom. The summed E-state index contributed by atoms with van der Waals surface area (Å²) in [5.74, 6) is 2.09. The fourth-order valence-electron chi connectivity index (χ4n) is 3.32. The summed E-state index contributed by atoms with van der Waals surface area (Å²) in [4.78, 5) is 16.3. The quantitative estimate of drug-likeness (QED) is 0.559. The molecule has 0 aromatic heterocycles. The number of aliphatic imine (C=N–C) groups is 2. The first kappa shape index (κ1) is 19.9. The summed E-state index contributed by atoms with van der Waals surface area (Å²) < 4.78 is 0. The van der Waals surface area contributed by atoms with E-state index in [1.807, 2.05) is 6.07 Å². The van der Waals surface area contributed by atoms with Gasteiger partial charge in [0, 0.05) is 29.6 Å². The van der Waals surface area contributed by atoms with Gasteiger partial charge in [-0.3, -0.25) is 4.99 Å². The maximum Gasteiger partial charge on any atom is 0.270 e. The van der Waals surface area contributed by atoms with Crippen LogP contribution >= 0.6 is 23.2 Å². The number of nitrogens with zero attached hydrogens (tertiary/aromatic N) is 3. The zero-order chi connectivity index (χ0) is 20.4. The van der Waals surface area contributed by atoms with Gasteiger partial charge in [-0.25, -0.2) is 5.48 Å². The number of hydrogen-bond donors (Lipinski definition) is 4. The van der Waals surface area contributed by atoms with Crippen molar-refractivity contribution in [1.82, 2.24) is 15.7 Å². The summed E-state index contributed by atoms with van der Waals surface area (Å²) in [6.07, 6.45) is 2.56. The SMILES string of the molecule is NC1=NCCN(Cc2cc(Cl)ccc2Cl)C1=CC(N)=C1N=C(CC2CNC2)NO1. The van der Waals surface area contributed by atoms with Crippen LogP contribution in [0.25, 0.3) is 0 Å². The Hall–Kier alpha value is -2.42. The predicted molar refractivity (Wildman–Crippen MR) is 115 cm³/mol. The number of halogens is 2. The molecule has 1 fully saturated rings. The molecule has 3 aliphatic rings. The molecule has 0 saturated carbocycles. The molecule has 0 amide bonds.